The first-order valence-electron chi connectivity index (χ1n) is 5.73. The molecule has 2 aromatic carbocycles. The summed E-state index contributed by atoms with van der Waals surface area (Å²) in [5.41, 5.74) is 2.96. The number of furan rings is 1. The Morgan fingerprint density at radius 2 is 1.94 bits per heavy atom. The van der Waals surface area contributed by atoms with E-state index in [1.807, 2.05) is 49.5 Å². The molecular formula is C15H12ClNO. The number of anilines is 1. The Bertz CT molecular complexity index is 703. The molecule has 0 bridgehead atoms. The van der Waals surface area contributed by atoms with Crippen LogP contribution in [0.4, 0.5) is 5.69 Å². The van der Waals surface area contributed by atoms with E-state index in [1.165, 1.54) is 0 Å². The number of halogens is 1. The van der Waals surface area contributed by atoms with E-state index in [2.05, 4.69) is 11.4 Å². The number of hydrogen-bond acceptors (Lipinski definition) is 2. The van der Waals surface area contributed by atoms with Crippen LogP contribution < -0.4 is 5.32 Å². The molecule has 3 heteroatoms. The molecule has 0 radical (unpaired) electrons. The third kappa shape index (κ3) is 1.95. The predicted molar refractivity (Wildman–Crippen MR) is 76.2 cm³/mol. The first-order chi connectivity index (χ1) is 8.76. The van der Waals surface area contributed by atoms with Crippen molar-refractivity contribution in [1.29, 1.82) is 0 Å². The Balaban J connectivity index is 2.13. The Morgan fingerprint density at radius 3 is 2.78 bits per heavy atom. The van der Waals surface area contributed by atoms with Gasteiger partial charge in [-0.2, -0.15) is 0 Å². The highest BCUT2D eigenvalue weighted by Crippen LogP contribution is 2.30. The van der Waals surface area contributed by atoms with Crippen LogP contribution in [0.1, 0.15) is 0 Å². The maximum absolute atomic E-state index is 5.97. The van der Waals surface area contributed by atoms with Gasteiger partial charge in [0.05, 0.1) is 0 Å². The van der Waals surface area contributed by atoms with Gasteiger partial charge in [-0.3, -0.25) is 0 Å². The van der Waals surface area contributed by atoms with Gasteiger partial charge in [0.2, 0.25) is 0 Å². The van der Waals surface area contributed by atoms with E-state index in [0.29, 0.717) is 0 Å². The van der Waals surface area contributed by atoms with Crippen LogP contribution in [-0.2, 0) is 0 Å². The Hall–Kier alpha value is -1.93. The molecule has 0 spiro atoms. The summed E-state index contributed by atoms with van der Waals surface area (Å²) in [6.07, 6.45) is 0. The van der Waals surface area contributed by atoms with E-state index < -0.39 is 0 Å². The van der Waals surface area contributed by atoms with Gasteiger partial charge < -0.3 is 9.73 Å². The van der Waals surface area contributed by atoms with Crippen LogP contribution in [0.25, 0.3) is 22.3 Å². The monoisotopic (exact) mass is 257 g/mol. The third-order valence-corrected chi connectivity index (χ3v) is 3.15. The standard InChI is InChI=1S/C15H12ClNO/c1-17-13-4-2-3-10(8-13)15-9-11-7-12(16)5-6-14(11)18-15/h2-9,17H,1H3. The van der Waals surface area contributed by atoms with Gasteiger partial charge in [-0.05, 0) is 36.4 Å². The quantitative estimate of drug-likeness (QED) is 0.714. The van der Waals surface area contributed by atoms with Crippen molar-refractivity contribution in [3.05, 3.63) is 53.6 Å². The second-order valence-electron chi connectivity index (χ2n) is 4.12. The van der Waals surface area contributed by atoms with Gasteiger partial charge in [-0.1, -0.05) is 23.7 Å². The molecule has 1 heterocycles. The molecule has 0 aliphatic heterocycles. The van der Waals surface area contributed by atoms with Crippen molar-refractivity contribution in [3.8, 4) is 11.3 Å². The largest absolute Gasteiger partial charge is 0.456 e. The Labute approximate surface area is 110 Å². The Kier molecular flexibility index (Phi) is 2.73. The van der Waals surface area contributed by atoms with Crippen LogP contribution in [0.5, 0.6) is 0 Å². The zero-order valence-corrected chi connectivity index (χ0v) is 10.7. The van der Waals surface area contributed by atoms with E-state index in [-0.39, 0.29) is 0 Å². The fourth-order valence-electron chi connectivity index (χ4n) is 1.98. The van der Waals surface area contributed by atoms with Crippen molar-refractivity contribution < 1.29 is 4.42 Å². The van der Waals surface area contributed by atoms with Gasteiger partial charge in [0, 0.05) is 28.7 Å². The highest BCUT2D eigenvalue weighted by atomic mass is 35.5. The molecule has 0 aliphatic rings. The minimum Gasteiger partial charge on any atom is -0.456 e. The summed E-state index contributed by atoms with van der Waals surface area (Å²) in [5.74, 6) is 0.851. The van der Waals surface area contributed by atoms with Crippen LogP contribution in [0.15, 0.2) is 52.9 Å². The van der Waals surface area contributed by atoms with Crippen LogP contribution in [0.3, 0.4) is 0 Å². The topological polar surface area (TPSA) is 25.2 Å². The fraction of sp³-hybridized carbons (Fsp3) is 0.0667. The highest BCUT2D eigenvalue weighted by Gasteiger charge is 2.06. The van der Waals surface area contributed by atoms with Crippen LogP contribution in [-0.4, -0.2) is 7.05 Å². The van der Waals surface area contributed by atoms with E-state index in [9.17, 15) is 0 Å². The molecule has 1 N–H and O–H groups in total. The molecule has 2 nitrogen and oxygen atoms in total. The summed E-state index contributed by atoms with van der Waals surface area (Å²) < 4.78 is 5.82. The maximum atomic E-state index is 5.97. The molecule has 0 atom stereocenters. The van der Waals surface area contributed by atoms with Gasteiger partial charge in [-0.25, -0.2) is 0 Å². The molecule has 0 saturated heterocycles. The van der Waals surface area contributed by atoms with Crippen LogP contribution in [0, 0.1) is 0 Å². The minimum atomic E-state index is 0.721. The minimum absolute atomic E-state index is 0.721. The lowest BCUT2D eigenvalue weighted by Gasteiger charge is -2.01. The maximum Gasteiger partial charge on any atom is 0.135 e. The van der Waals surface area contributed by atoms with E-state index >= 15 is 0 Å². The summed E-state index contributed by atoms with van der Waals surface area (Å²) in [5, 5.41) is 4.86. The molecule has 18 heavy (non-hydrogen) atoms. The molecule has 0 amide bonds. The summed E-state index contributed by atoms with van der Waals surface area (Å²) >= 11 is 5.97. The summed E-state index contributed by atoms with van der Waals surface area (Å²) in [6, 6.07) is 15.7. The first-order valence-corrected chi connectivity index (χ1v) is 6.11. The van der Waals surface area contributed by atoms with Crippen LogP contribution >= 0.6 is 11.6 Å². The number of benzene rings is 2. The molecule has 1 aromatic heterocycles. The lowest BCUT2D eigenvalue weighted by atomic mass is 10.1. The predicted octanol–water partition coefficient (Wildman–Crippen LogP) is 4.79. The zero-order chi connectivity index (χ0) is 12.5. The van der Waals surface area contributed by atoms with Crippen molar-refractivity contribution in [2.75, 3.05) is 12.4 Å². The number of nitrogens with one attached hydrogen (secondary N) is 1. The second kappa shape index (κ2) is 4.39. The molecular weight excluding hydrogens is 246 g/mol. The van der Waals surface area contributed by atoms with E-state index in [0.717, 1.165) is 33.0 Å². The summed E-state index contributed by atoms with van der Waals surface area (Å²) in [7, 11) is 1.90. The van der Waals surface area contributed by atoms with Crippen molar-refractivity contribution >= 4 is 28.3 Å². The molecule has 0 saturated carbocycles. The van der Waals surface area contributed by atoms with Gasteiger partial charge >= 0.3 is 0 Å². The number of fused-ring (bicyclic) bond motifs is 1. The molecule has 3 rings (SSSR count). The molecule has 0 fully saturated rings. The van der Waals surface area contributed by atoms with Gasteiger partial charge in [0.15, 0.2) is 0 Å². The normalized spacial score (nSPS) is 10.8. The second-order valence-corrected chi connectivity index (χ2v) is 4.56. The highest BCUT2D eigenvalue weighted by molar-refractivity contribution is 6.31. The SMILES string of the molecule is CNc1cccc(-c2cc3cc(Cl)ccc3o2)c1. The number of hydrogen-bond donors (Lipinski definition) is 1. The van der Waals surface area contributed by atoms with Gasteiger partial charge in [-0.15, -0.1) is 0 Å². The molecule has 90 valence electrons. The number of rotatable bonds is 2. The Morgan fingerprint density at radius 1 is 1.06 bits per heavy atom. The molecule has 0 aliphatic carbocycles. The average Bonchev–Trinajstić information content (AvgIpc) is 2.81. The summed E-state index contributed by atoms with van der Waals surface area (Å²) in [4.78, 5) is 0. The lowest BCUT2D eigenvalue weighted by Crippen LogP contribution is -1.86. The van der Waals surface area contributed by atoms with Gasteiger partial charge in [0.25, 0.3) is 0 Å². The molecule has 0 unspecified atom stereocenters. The third-order valence-electron chi connectivity index (χ3n) is 2.91. The average molecular weight is 258 g/mol. The van der Waals surface area contributed by atoms with Crippen molar-refractivity contribution in [2.24, 2.45) is 0 Å². The van der Waals surface area contributed by atoms with Crippen LogP contribution in [0.2, 0.25) is 5.02 Å². The van der Waals surface area contributed by atoms with Crippen molar-refractivity contribution in [3.63, 3.8) is 0 Å². The fourth-order valence-corrected chi connectivity index (χ4v) is 2.16. The first kappa shape index (κ1) is 11.2. The molecule has 3 aromatic rings. The smallest absolute Gasteiger partial charge is 0.135 e. The van der Waals surface area contributed by atoms with E-state index in [4.69, 9.17) is 16.0 Å². The van der Waals surface area contributed by atoms with Crippen molar-refractivity contribution in [1.82, 2.24) is 0 Å². The van der Waals surface area contributed by atoms with E-state index in [1.54, 1.807) is 0 Å². The summed E-state index contributed by atoms with van der Waals surface area (Å²) in [6.45, 7) is 0. The van der Waals surface area contributed by atoms with Gasteiger partial charge in [0.1, 0.15) is 11.3 Å². The van der Waals surface area contributed by atoms with Crippen molar-refractivity contribution in [2.45, 2.75) is 0 Å². The lowest BCUT2D eigenvalue weighted by molar-refractivity contribution is 0.631. The zero-order valence-electron chi connectivity index (χ0n) is 9.91.